The Morgan fingerprint density at radius 2 is 1.93 bits per heavy atom. The fraction of sp³-hybridized carbons (Fsp3) is 0.258. The summed E-state index contributed by atoms with van der Waals surface area (Å²) in [6, 6.07) is 17.0. The van der Waals surface area contributed by atoms with E-state index < -0.39 is 7.05 Å². The number of anilines is 2. The van der Waals surface area contributed by atoms with E-state index in [2.05, 4.69) is 9.88 Å². The third-order valence-electron chi connectivity index (χ3n) is 7.59. The van der Waals surface area contributed by atoms with Crippen LogP contribution >= 0.6 is 11.6 Å². The quantitative estimate of drug-likeness (QED) is 0.185. The molecule has 3 aromatic carbocycles. The van der Waals surface area contributed by atoms with Crippen LogP contribution in [0, 0.1) is 6.92 Å². The van der Waals surface area contributed by atoms with E-state index in [4.69, 9.17) is 26.1 Å². The number of ether oxygens (including phenoxy) is 2. The number of rotatable bonds is 9. The molecule has 0 atom stereocenters. The lowest BCUT2D eigenvalue weighted by atomic mass is 9.83. The highest BCUT2D eigenvalue weighted by atomic mass is 35.5. The molecule has 5 aromatic rings. The van der Waals surface area contributed by atoms with Gasteiger partial charge in [0, 0.05) is 36.8 Å². The Bertz CT molecular complexity index is 1720. The lowest BCUT2D eigenvalue weighted by molar-refractivity contribution is 0.0323. The molecule has 0 saturated carbocycles. The van der Waals surface area contributed by atoms with Crippen molar-refractivity contribution in [2.75, 3.05) is 44.3 Å². The summed E-state index contributed by atoms with van der Waals surface area (Å²) in [5.74, 6) is 1.19. The number of nitrogens with zero attached hydrogens (tertiary/aromatic N) is 5. The Morgan fingerprint density at radius 3 is 2.64 bits per heavy atom. The van der Waals surface area contributed by atoms with Crippen molar-refractivity contribution < 1.29 is 19.3 Å². The van der Waals surface area contributed by atoms with Crippen LogP contribution in [0.5, 0.6) is 5.75 Å². The molecule has 9 nitrogen and oxygen atoms in total. The summed E-state index contributed by atoms with van der Waals surface area (Å²) in [7, 11) is -0.924. The van der Waals surface area contributed by atoms with Gasteiger partial charge < -0.3 is 19.3 Å². The van der Waals surface area contributed by atoms with Crippen LogP contribution in [0.1, 0.15) is 15.9 Å². The molecule has 1 saturated heterocycles. The van der Waals surface area contributed by atoms with Crippen molar-refractivity contribution in [3.63, 3.8) is 0 Å². The summed E-state index contributed by atoms with van der Waals surface area (Å²) in [6.45, 7) is 8.10. The molecule has 2 aromatic heterocycles. The number of hydrogen-bond acceptors (Lipinski definition) is 8. The van der Waals surface area contributed by atoms with E-state index >= 15 is 0 Å². The molecule has 0 unspecified atom stereocenters. The molecule has 1 aliphatic heterocycles. The first-order chi connectivity index (χ1) is 20.4. The molecular weight excluding hydrogens is 553 g/mol. The van der Waals surface area contributed by atoms with Crippen molar-refractivity contribution in [3.8, 4) is 16.9 Å². The van der Waals surface area contributed by atoms with E-state index in [1.54, 1.807) is 42.4 Å². The predicted octanol–water partition coefficient (Wildman–Crippen LogP) is 5.28. The van der Waals surface area contributed by atoms with Gasteiger partial charge in [0.2, 0.25) is 0 Å². The Hall–Kier alpha value is -3.96. The maximum Gasteiger partial charge on any atom is 0.415 e. The number of aldehydes is 1. The average Bonchev–Trinajstić information content (AvgIpc) is 3.50. The highest BCUT2D eigenvalue weighted by Gasteiger charge is 2.27. The maximum absolute atomic E-state index is 11.3. The Labute approximate surface area is 249 Å². The SMILES string of the molecule is CB(O)N(c1c(C)cccc1Cl)c1nc2cc(OCCN3CCOCC3)c(-c3ccc(C=O)cc3)cc2n2cncc12. The lowest BCUT2D eigenvalue weighted by Gasteiger charge is -2.28. The van der Waals surface area contributed by atoms with Gasteiger partial charge >= 0.3 is 7.05 Å². The molecule has 1 N–H and O–H groups in total. The number of aromatic nitrogens is 3. The van der Waals surface area contributed by atoms with Crippen LogP contribution in [0.3, 0.4) is 0 Å². The smallest absolute Gasteiger partial charge is 0.415 e. The number of morpholine rings is 1. The molecule has 214 valence electrons. The molecule has 11 heteroatoms. The molecular formula is C31H31BClN5O4. The third kappa shape index (κ3) is 5.46. The zero-order valence-electron chi connectivity index (χ0n) is 23.5. The van der Waals surface area contributed by atoms with Crippen molar-refractivity contribution in [1.82, 2.24) is 19.3 Å². The second-order valence-corrected chi connectivity index (χ2v) is 10.8. The first kappa shape index (κ1) is 28.2. The van der Waals surface area contributed by atoms with Gasteiger partial charge in [-0.25, -0.2) is 9.97 Å². The molecule has 0 aliphatic carbocycles. The molecule has 0 amide bonds. The minimum atomic E-state index is -0.924. The number of carbonyl (C=O) groups is 1. The van der Waals surface area contributed by atoms with Crippen LogP contribution in [0.4, 0.5) is 11.5 Å². The van der Waals surface area contributed by atoms with Crippen LogP contribution < -0.4 is 9.55 Å². The van der Waals surface area contributed by atoms with Gasteiger partial charge in [-0.3, -0.25) is 14.1 Å². The number of para-hydroxylation sites is 1. The summed E-state index contributed by atoms with van der Waals surface area (Å²) >= 11 is 6.66. The van der Waals surface area contributed by atoms with Crippen LogP contribution in [-0.2, 0) is 4.74 Å². The number of fused-ring (bicyclic) bond motifs is 3. The standard InChI is InChI=1S/C31H31BClN5O4/c1-21-4-3-5-25(33)30(21)38(32(2)40)31-28-18-34-20-37(28)27-16-24(23-8-6-22(19-39)7-9-23)29(17-26(27)35-31)42-15-12-36-10-13-41-14-11-36/h3-9,16-20,40H,10-15H2,1-2H3. The first-order valence-electron chi connectivity index (χ1n) is 14.0. The van der Waals surface area contributed by atoms with Gasteiger partial charge in [0.25, 0.3) is 0 Å². The first-order valence-corrected chi connectivity index (χ1v) is 14.3. The zero-order valence-corrected chi connectivity index (χ0v) is 24.3. The number of aryl methyl sites for hydroxylation is 1. The maximum atomic E-state index is 11.3. The van der Waals surface area contributed by atoms with Crippen molar-refractivity contribution in [2.24, 2.45) is 0 Å². The number of carbonyl (C=O) groups excluding carboxylic acids is 1. The molecule has 0 spiro atoms. The van der Waals surface area contributed by atoms with Gasteiger partial charge in [-0.15, -0.1) is 0 Å². The van der Waals surface area contributed by atoms with Crippen LogP contribution in [0.15, 0.2) is 67.1 Å². The van der Waals surface area contributed by atoms with Gasteiger partial charge in [0.1, 0.15) is 30.0 Å². The monoisotopic (exact) mass is 583 g/mol. The highest BCUT2D eigenvalue weighted by molar-refractivity contribution is 6.57. The summed E-state index contributed by atoms with van der Waals surface area (Å²) in [4.78, 5) is 24.9. The Morgan fingerprint density at radius 1 is 1.14 bits per heavy atom. The molecule has 6 rings (SSSR count). The van der Waals surface area contributed by atoms with Gasteiger partial charge in [-0.05, 0) is 37.0 Å². The molecule has 42 heavy (non-hydrogen) atoms. The van der Waals surface area contributed by atoms with Gasteiger partial charge in [0.15, 0.2) is 0 Å². The topological polar surface area (TPSA) is 92.4 Å². The molecule has 1 aliphatic rings. The summed E-state index contributed by atoms with van der Waals surface area (Å²) in [6.07, 6.45) is 4.30. The molecule has 0 bridgehead atoms. The van der Waals surface area contributed by atoms with Crippen molar-refractivity contribution in [2.45, 2.75) is 13.7 Å². The summed E-state index contributed by atoms with van der Waals surface area (Å²) in [5, 5.41) is 11.5. The average molecular weight is 584 g/mol. The largest absolute Gasteiger partial charge is 0.492 e. The van der Waals surface area contributed by atoms with Crippen LogP contribution in [0.25, 0.3) is 27.7 Å². The van der Waals surface area contributed by atoms with Crippen molar-refractivity contribution in [3.05, 3.63) is 83.3 Å². The Balaban J connectivity index is 1.50. The second kappa shape index (κ2) is 12.1. The van der Waals surface area contributed by atoms with Gasteiger partial charge in [-0.2, -0.15) is 0 Å². The fourth-order valence-corrected chi connectivity index (χ4v) is 5.75. The summed E-state index contributed by atoms with van der Waals surface area (Å²) in [5.41, 5.74) is 6.18. The van der Waals surface area contributed by atoms with Crippen molar-refractivity contribution >= 4 is 53.0 Å². The summed E-state index contributed by atoms with van der Waals surface area (Å²) < 4.78 is 13.9. The number of imidazole rings is 1. The van der Waals surface area contributed by atoms with E-state index in [1.807, 2.05) is 47.7 Å². The highest BCUT2D eigenvalue weighted by Crippen LogP contribution is 2.40. The molecule has 1 fully saturated rings. The van der Waals surface area contributed by atoms with E-state index in [0.29, 0.717) is 45.5 Å². The minimum absolute atomic E-state index is 0.490. The minimum Gasteiger partial charge on any atom is -0.492 e. The van der Waals surface area contributed by atoms with Crippen LogP contribution in [-0.4, -0.2) is 77.1 Å². The number of benzene rings is 3. The van der Waals surface area contributed by atoms with Crippen LogP contribution in [0.2, 0.25) is 11.8 Å². The van der Waals surface area contributed by atoms with Gasteiger partial charge in [0.05, 0.1) is 47.5 Å². The fourth-order valence-electron chi connectivity index (χ4n) is 5.43. The lowest BCUT2D eigenvalue weighted by Crippen LogP contribution is -2.38. The van der Waals surface area contributed by atoms with Crippen molar-refractivity contribution in [1.29, 1.82) is 0 Å². The number of halogens is 1. The Kier molecular flexibility index (Phi) is 8.12. The van der Waals surface area contributed by atoms with E-state index in [-0.39, 0.29) is 0 Å². The number of hydrogen-bond donors (Lipinski definition) is 1. The second-order valence-electron chi connectivity index (χ2n) is 10.4. The normalized spacial score (nSPS) is 13.9. The zero-order chi connectivity index (χ0) is 29.2. The molecule has 3 heterocycles. The van der Waals surface area contributed by atoms with E-state index in [9.17, 15) is 9.82 Å². The molecule has 0 radical (unpaired) electrons. The van der Waals surface area contributed by atoms with Gasteiger partial charge in [-0.1, -0.05) is 48.0 Å². The third-order valence-corrected chi connectivity index (χ3v) is 7.89. The van der Waals surface area contributed by atoms with E-state index in [0.717, 1.165) is 61.3 Å². The van der Waals surface area contributed by atoms with E-state index in [1.165, 1.54) is 0 Å². The predicted molar refractivity (Wildman–Crippen MR) is 166 cm³/mol.